The number of amides is 1. The van der Waals surface area contributed by atoms with Gasteiger partial charge in [-0.25, -0.2) is 0 Å². The second kappa shape index (κ2) is 8.72. The minimum atomic E-state index is -3.70. The minimum absolute atomic E-state index is 0.174. The first-order chi connectivity index (χ1) is 15.4. The second-order valence-electron chi connectivity index (χ2n) is 6.97. The Morgan fingerprint density at radius 3 is 2.44 bits per heavy atom. The largest absolute Gasteiger partial charge is 0.497 e. The van der Waals surface area contributed by atoms with E-state index in [4.69, 9.17) is 9.47 Å². The number of methoxy groups -OCH3 is 2. The predicted molar refractivity (Wildman–Crippen MR) is 121 cm³/mol. The van der Waals surface area contributed by atoms with Crippen LogP contribution in [0.3, 0.4) is 0 Å². The van der Waals surface area contributed by atoms with Gasteiger partial charge in [0.15, 0.2) is 5.84 Å². The minimum Gasteiger partial charge on any atom is -0.497 e. The van der Waals surface area contributed by atoms with Crippen LogP contribution in [-0.4, -0.2) is 34.4 Å². The smallest absolute Gasteiger partial charge is 0.285 e. The number of nitrogens with zero attached hydrogens (tertiary/aromatic N) is 1. The lowest BCUT2D eigenvalue weighted by Crippen LogP contribution is -2.23. The lowest BCUT2D eigenvalue weighted by Gasteiger charge is -2.12. The molecule has 0 unspecified atom stereocenters. The number of rotatable bonds is 6. The molecular weight excluding hydrogens is 430 g/mol. The van der Waals surface area contributed by atoms with Crippen molar-refractivity contribution in [1.82, 2.24) is 5.32 Å². The zero-order valence-electron chi connectivity index (χ0n) is 17.5. The fourth-order valence-corrected chi connectivity index (χ4v) is 4.49. The molecular formula is C23H21N3O5S. The third-order valence-electron chi connectivity index (χ3n) is 4.98. The van der Waals surface area contributed by atoms with Crippen molar-refractivity contribution in [1.29, 1.82) is 0 Å². The molecule has 3 aromatic rings. The van der Waals surface area contributed by atoms with Crippen LogP contribution < -0.4 is 20.1 Å². The van der Waals surface area contributed by atoms with E-state index in [1.807, 2.05) is 6.07 Å². The lowest BCUT2D eigenvalue weighted by atomic mass is 10.1. The van der Waals surface area contributed by atoms with Gasteiger partial charge < -0.3 is 20.1 Å². The van der Waals surface area contributed by atoms with Gasteiger partial charge in [-0.15, -0.1) is 4.40 Å². The summed E-state index contributed by atoms with van der Waals surface area (Å²) in [6, 6.07) is 18.7. The van der Waals surface area contributed by atoms with Crippen LogP contribution in [-0.2, 0) is 16.6 Å². The van der Waals surface area contributed by atoms with E-state index in [2.05, 4.69) is 15.0 Å². The number of hydrogen-bond acceptors (Lipinski definition) is 6. The monoisotopic (exact) mass is 451 g/mol. The topological polar surface area (TPSA) is 106 Å². The normalized spacial score (nSPS) is 13.6. The summed E-state index contributed by atoms with van der Waals surface area (Å²) >= 11 is 0. The van der Waals surface area contributed by atoms with Crippen molar-refractivity contribution in [2.75, 3.05) is 19.5 Å². The standard InChI is InChI=1S/C23H21N3O5S/c1-30-18-12-9-16(20(13-18)31-2)14-24-23(27)15-7-10-17(11-8-15)25-22-19-5-3-4-6-21(19)32(28,29)26-22/h3-13H,14H2,1-2H3,(H,24,27)(H,25,26). The van der Waals surface area contributed by atoms with Crippen LogP contribution >= 0.6 is 0 Å². The summed E-state index contributed by atoms with van der Waals surface area (Å²) in [6.07, 6.45) is 0. The van der Waals surface area contributed by atoms with E-state index in [1.165, 1.54) is 6.07 Å². The van der Waals surface area contributed by atoms with Crippen molar-refractivity contribution < 1.29 is 22.7 Å². The van der Waals surface area contributed by atoms with Crippen LogP contribution in [0.4, 0.5) is 5.69 Å². The summed E-state index contributed by atoms with van der Waals surface area (Å²) < 4.78 is 38.7. The van der Waals surface area contributed by atoms with E-state index >= 15 is 0 Å². The number of benzene rings is 3. The number of nitrogens with one attached hydrogen (secondary N) is 2. The SMILES string of the molecule is COc1ccc(CNC(=O)c2ccc(NC3=NS(=O)(=O)c4ccccc43)cc2)c(OC)c1. The third-order valence-corrected chi connectivity index (χ3v) is 6.31. The van der Waals surface area contributed by atoms with Gasteiger partial charge in [-0.3, -0.25) is 4.79 Å². The molecule has 0 fully saturated rings. The van der Waals surface area contributed by atoms with Crippen LogP contribution in [0.25, 0.3) is 0 Å². The summed E-state index contributed by atoms with van der Waals surface area (Å²) in [6.45, 7) is 0.289. The summed E-state index contributed by atoms with van der Waals surface area (Å²) in [5.74, 6) is 1.30. The maximum absolute atomic E-state index is 12.5. The molecule has 0 bridgehead atoms. The summed E-state index contributed by atoms with van der Waals surface area (Å²) in [4.78, 5) is 12.7. The summed E-state index contributed by atoms with van der Waals surface area (Å²) in [5, 5.41) is 5.87. The Morgan fingerprint density at radius 2 is 1.72 bits per heavy atom. The Morgan fingerprint density at radius 1 is 0.969 bits per heavy atom. The van der Waals surface area contributed by atoms with E-state index in [0.29, 0.717) is 28.3 Å². The number of fused-ring (bicyclic) bond motifs is 1. The molecule has 1 amide bonds. The number of amidine groups is 1. The maximum Gasteiger partial charge on any atom is 0.285 e. The van der Waals surface area contributed by atoms with Gasteiger partial charge >= 0.3 is 0 Å². The highest BCUT2D eigenvalue weighted by Crippen LogP contribution is 2.27. The number of hydrogen-bond donors (Lipinski definition) is 2. The molecule has 4 rings (SSSR count). The molecule has 9 heteroatoms. The van der Waals surface area contributed by atoms with Gasteiger partial charge in [0, 0.05) is 35.0 Å². The fraction of sp³-hybridized carbons (Fsp3) is 0.130. The summed E-state index contributed by atoms with van der Waals surface area (Å²) in [5.41, 5.74) is 2.41. The van der Waals surface area contributed by atoms with Crippen molar-refractivity contribution in [3.8, 4) is 11.5 Å². The molecule has 1 aliphatic rings. The van der Waals surface area contributed by atoms with Gasteiger partial charge in [0.25, 0.3) is 15.9 Å². The molecule has 1 heterocycles. The zero-order chi connectivity index (χ0) is 22.7. The van der Waals surface area contributed by atoms with Crippen molar-refractivity contribution >= 4 is 27.5 Å². The number of ether oxygens (including phenoxy) is 2. The van der Waals surface area contributed by atoms with Gasteiger partial charge in [-0.1, -0.05) is 12.1 Å². The highest BCUT2D eigenvalue weighted by atomic mass is 32.2. The Labute approximate surface area is 186 Å². The Kier molecular flexibility index (Phi) is 5.83. The second-order valence-corrected chi connectivity index (χ2v) is 8.55. The number of carbonyl (C=O) groups excluding carboxylic acids is 1. The van der Waals surface area contributed by atoms with E-state index in [1.54, 1.807) is 68.8 Å². The first kappa shape index (κ1) is 21.4. The van der Waals surface area contributed by atoms with E-state index in [9.17, 15) is 13.2 Å². The van der Waals surface area contributed by atoms with Crippen molar-refractivity contribution in [2.24, 2.45) is 4.40 Å². The lowest BCUT2D eigenvalue weighted by molar-refractivity contribution is 0.0950. The molecule has 0 radical (unpaired) electrons. The molecule has 0 spiro atoms. The van der Waals surface area contributed by atoms with Crippen molar-refractivity contribution in [3.63, 3.8) is 0 Å². The van der Waals surface area contributed by atoms with Gasteiger partial charge in [-0.2, -0.15) is 8.42 Å². The van der Waals surface area contributed by atoms with Crippen LogP contribution in [0.1, 0.15) is 21.5 Å². The van der Waals surface area contributed by atoms with E-state index in [0.717, 1.165) is 5.56 Å². The fourth-order valence-electron chi connectivity index (χ4n) is 3.31. The summed E-state index contributed by atoms with van der Waals surface area (Å²) in [7, 11) is -0.562. The molecule has 0 aromatic heterocycles. The van der Waals surface area contributed by atoms with Gasteiger partial charge in [0.05, 0.1) is 14.2 Å². The van der Waals surface area contributed by atoms with Crippen LogP contribution in [0, 0.1) is 0 Å². The number of sulfonamides is 1. The van der Waals surface area contributed by atoms with Crippen LogP contribution in [0.2, 0.25) is 0 Å². The predicted octanol–water partition coefficient (Wildman–Crippen LogP) is 3.19. The highest BCUT2D eigenvalue weighted by Gasteiger charge is 2.28. The molecule has 1 aliphatic heterocycles. The van der Waals surface area contributed by atoms with Crippen LogP contribution in [0.5, 0.6) is 11.5 Å². The highest BCUT2D eigenvalue weighted by molar-refractivity contribution is 7.90. The van der Waals surface area contributed by atoms with Crippen LogP contribution in [0.15, 0.2) is 76.0 Å². The van der Waals surface area contributed by atoms with Crippen molar-refractivity contribution in [2.45, 2.75) is 11.4 Å². The van der Waals surface area contributed by atoms with E-state index < -0.39 is 10.0 Å². The molecule has 8 nitrogen and oxygen atoms in total. The average molecular weight is 452 g/mol. The molecule has 0 aliphatic carbocycles. The Bertz CT molecular complexity index is 1300. The Hall–Kier alpha value is -3.85. The Balaban J connectivity index is 1.43. The first-order valence-electron chi connectivity index (χ1n) is 9.72. The van der Waals surface area contributed by atoms with Gasteiger partial charge in [0.1, 0.15) is 16.4 Å². The van der Waals surface area contributed by atoms with E-state index in [-0.39, 0.29) is 23.2 Å². The molecule has 0 saturated heterocycles. The molecule has 0 atom stereocenters. The van der Waals surface area contributed by atoms with Gasteiger partial charge in [-0.05, 0) is 48.5 Å². The first-order valence-corrected chi connectivity index (χ1v) is 11.2. The average Bonchev–Trinajstić information content (AvgIpc) is 3.07. The molecule has 32 heavy (non-hydrogen) atoms. The third kappa shape index (κ3) is 4.28. The maximum atomic E-state index is 12.5. The number of anilines is 1. The van der Waals surface area contributed by atoms with Gasteiger partial charge in [0.2, 0.25) is 0 Å². The molecule has 2 N–H and O–H groups in total. The molecule has 164 valence electrons. The molecule has 0 saturated carbocycles. The molecule has 3 aromatic carbocycles. The zero-order valence-corrected chi connectivity index (χ0v) is 18.3. The quantitative estimate of drug-likeness (QED) is 0.596. The number of carbonyl (C=O) groups is 1. The van der Waals surface area contributed by atoms with Crippen molar-refractivity contribution in [3.05, 3.63) is 83.4 Å².